The normalized spacial score (nSPS) is 12.2. The van der Waals surface area contributed by atoms with Gasteiger partial charge in [-0.2, -0.15) is 4.98 Å². The Morgan fingerprint density at radius 2 is 1.96 bits per heavy atom. The Kier molecular flexibility index (Phi) is 10.4. The van der Waals surface area contributed by atoms with Crippen LogP contribution in [0.1, 0.15) is 66.1 Å². The van der Waals surface area contributed by atoms with Crippen molar-refractivity contribution in [3.05, 3.63) is 11.7 Å². The number of nitrogens with zero attached hydrogens (tertiary/aromatic N) is 3. The lowest BCUT2D eigenvalue weighted by molar-refractivity contribution is 0.318. The predicted molar refractivity (Wildman–Crippen MR) is 105 cm³/mol. The van der Waals surface area contributed by atoms with E-state index in [-0.39, 0.29) is 29.4 Å². The van der Waals surface area contributed by atoms with Crippen molar-refractivity contribution in [2.24, 2.45) is 10.9 Å². The first kappa shape index (κ1) is 22.1. The molecule has 0 aliphatic carbocycles. The third kappa shape index (κ3) is 9.12. The van der Waals surface area contributed by atoms with Crippen molar-refractivity contribution in [2.75, 3.05) is 13.1 Å². The maximum Gasteiger partial charge on any atom is 0.232 e. The Morgan fingerprint density at radius 1 is 1.26 bits per heavy atom. The number of aliphatic imine (C=N–C) groups is 1. The van der Waals surface area contributed by atoms with Crippen LogP contribution in [0.2, 0.25) is 0 Å². The van der Waals surface area contributed by atoms with E-state index in [0.717, 1.165) is 31.4 Å². The number of hydrogen-bond donors (Lipinski definition) is 2. The van der Waals surface area contributed by atoms with Gasteiger partial charge in [-0.3, -0.25) is 0 Å². The SMILES string of the molecule is CCNC(=NCc1noc(C(C)(C)C)n1)NCCCC(C)C.I. The highest BCUT2D eigenvalue weighted by molar-refractivity contribution is 14.0. The standard InChI is InChI=1S/C16H31N5O.HI/c1-7-17-15(18-10-8-9-12(2)3)19-11-13-20-14(22-21-13)16(4,5)6;/h12H,7-11H2,1-6H3,(H2,17,18,19);1H. The van der Waals surface area contributed by atoms with Gasteiger partial charge in [0, 0.05) is 18.5 Å². The zero-order valence-corrected chi connectivity index (χ0v) is 17.6. The molecule has 1 aromatic heterocycles. The molecular weight excluding hydrogens is 405 g/mol. The van der Waals surface area contributed by atoms with Crippen LogP contribution in [0, 0.1) is 5.92 Å². The molecule has 1 heterocycles. The quantitative estimate of drug-likeness (QED) is 0.296. The van der Waals surface area contributed by atoms with Crippen molar-refractivity contribution in [1.82, 2.24) is 20.8 Å². The van der Waals surface area contributed by atoms with Crippen molar-refractivity contribution in [3.8, 4) is 0 Å². The predicted octanol–water partition coefficient (Wildman–Crippen LogP) is 3.48. The molecule has 0 amide bonds. The molecule has 0 unspecified atom stereocenters. The van der Waals surface area contributed by atoms with E-state index in [1.165, 1.54) is 6.42 Å². The summed E-state index contributed by atoms with van der Waals surface area (Å²) in [5.74, 6) is 2.79. The summed E-state index contributed by atoms with van der Waals surface area (Å²) in [7, 11) is 0. The molecule has 0 aliphatic heterocycles. The number of aromatic nitrogens is 2. The van der Waals surface area contributed by atoms with Crippen molar-refractivity contribution < 1.29 is 4.52 Å². The molecule has 0 bridgehead atoms. The molecule has 0 fully saturated rings. The van der Waals surface area contributed by atoms with E-state index in [0.29, 0.717) is 18.3 Å². The van der Waals surface area contributed by atoms with Crippen molar-refractivity contribution in [1.29, 1.82) is 0 Å². The summed E-state index contributed by atoms with van der Waals surface area (Å²) in [6, 6.07) is 0. The van der Waals surface area contributed by atoms with Crippen LogP contribution >= 0.6 is 24.0 Å². The Bertz CT molecular complexity index is 465. The highest BCUT2D eigenvalue weighted by Crippen LogP contribution is 2.19. The van der Waals surface area contributed by atoms with Crippen LogP contribution < -0.4 is 10.6 Å². The summed E-state index contributed by atoms with van der Waals surface area (Å²) in [6.45, 7) is 14.8. The summed E-state index contributed by atoms with van der Waals surface area (Å²) >= 11 is 0. The molecule has 7 heteroatoms. The lowest BCUT2D eigenvalue weighted by Crippen LogP contribution is -2.37. The van der Waals surface area contributed by atoms with E-state index >= 15 is 0 Å². The lowest BCUT2D eigenvalue weighted by Gasteiger charge is -2.11. The minimum atomic E-state index is -0.130. The molecule has 134 valence electrons. The van der Waals surface area contributed by atoms with Crippen LogP contribution in [-0.2, 0) is 12.0 Å². The first-order valence-corrected chi connectivity index (χ1v) is 8.18. The van der Waals surface area contributed by atoms with Gasteiger partial charge in [0.05, 0.1) is 0 Å². The minimum Gasteiger partial charge on any atom is -0.357 e. The third-order valence-electron chi connectivity index (χ3n) is 3.08. The molecule has 6 nitrogen and oxygen atoms in total. The van der Waals surface area contributed by atoms with Gasteiger partial charge in [-0.15, -0.1) is 24.0 Å². The Balaban J connectivity index is 0.00000484. The second-order valence-electron chi connectivity index (χ2n) is 6.92. The number of halogens is 1. The fourth-order valence-electron chi connectivity index (χ4n) is 1.83. The molecule has 0 radical (unpaired) electrons. The van der Waals surface area contributed by atoms with Crippen LogP contribution in [0.3, 0.4) is 0 Å². The first-order valence-electron chi connectivity index (χ1n) is 8.18. The summed E-state index contributed by atoms with van der Waals surface area (Å²) in [5.41, 5.74) is -0.130. The van der Waals surface area contributed by atoms with E-state index in [1.807, 2.05) is 20.8 Å². The Morgan fingerprint density at radius 3 is 2.48 bits per heavy atom. The topological polar surface area (TPSA) is 75.3 Å². The van der Waals surface area contributed by atoms with E-state index < -0.39 is 0 Å². The molecule has 0 aliphatic rings. The van der Waals surface area contributed by atoms with Gasteiger partial charge in [0.25, 0.3) is 0 Å². The summed E-state index contributed by atoms with van der Waals surface area (Å²) in [4.78, 5) is 8.90. The zero-order chi connectivity index (χ0) is 16.6. The summed E-state index contributed by atoms with van der Waals surface area (Å²) in [6.07, 6.45) is 2.35. The van der Waals surface area contributed by atoms with Gasteiger partial charge >= 0.3 is 0 Å². The third-order valence-corrected chi connectivity index (χ3v) is 3.08. The van der Waals surface area contributed by atoms with Gasteiger partial charge in [0.2, 0.25) is 5.89 Å². The van der Waals surface area contributed by atoms with E-state index in [4.69, 9.17) is 4.52 Å². The van der Waals surface area contributed by atoms with Crippen LogP contribution in [-0.4, -0.2) is 29.2 Å². The minimum absolute atomic E-state index is 0. The Hall–Kier alpha value is -0.860. The maximum absolute atomic E-state index is 5.28. The second kappa shape index (κ2) is 10.8. The first-order chi connectivity index (χ1) is 10.3. The largest absolute Gasteiger partial charge is 0.357 e. The van der Waals surface area contributed by atoms with E-state index in [2.05, 4.69) is 46.5 Å². The van der Waals surface area contributed by atoms with E-state index in [1.54, 1.807) is 0 Å². The molecule has 0 saturated carbocycles. The molecule has 2 N–H and O–H groups in total. The van der Waals surface area contributed by atoms with Gasteiger partial charge in [-0.1, -0.05) is 39.8 Å². The average Bonchev–Trinajstić information content (AvgIpc) is 2.89. The van der Waals surface area contributed by atoms with Crippen LogP contribution in [0.5, 0.6) is 0 Å². The molecule has 0 atom stereocenters. The molecule has 0 saturated heterocycles. The van der Waals surface area contributed by atoms with Crippen molar-refractivity contribution in [2.45, 2.75) is 66.3 Å². The number of guanidine groups is 1. The van der Waals surface area contributed by atoms with Gasteiger partial charge in [-0.05, 0) is 25.7 Å². The molecule has 0 spiro atoms. The second-order valence-corrected chi connectivity index (χ2v) is 6.92. The fourth-order valence-corrected chi connectivity index (χ4v) is 1.83. The molecule has 1 rings (SSSR count). The maximum atomic E-state index is 5.28. The average molecular weight is 437 g/mol. The van der Waals surface area contributed by atoms with Crippen LogP contribution in [0.15, 0.2) is 9.52 Å². The molecule has 1 aromatic rings. The van der Waals surface area contributed by atoms with Gasteiger partial charge in [0.1, 0.15) is 6.54 Å². The fraction of sp³-hybridized carbons (Fsp3) is 0.812. The van der Waals surface area contributed by atoms with Gasteiger partial charge in [-0.25, -0.2) is 4.99 Å². The number of rotatable bonds is 7. The van der Waals surface area contributed by atoms with Gasteiger partial charge < -0.3 is 15.2 Å². The van der Waals surface area contributed by atoms with Crippen LogP contribution in [0.4, 0.5) is 0 Å². The monoisotopic (exact) mass is 437 g/mol. The van der Waals surface area contributed by atoms with Crippen LogP contribution in [0.25, 0.3) is 0 Å². The van der Waals surface area contributed by atoms with Crippen molar-refractivity contribution >= 4 is 29.9 Å². The molecule has 23 heavy (non-hydrogen) atoms. The highest BCUT2D eigenvalue weighted by atomic mass is 127. The van der Waals surface area contributed by atoms with Gasteiger partial charge in [0.15, 0.2) is 11.8 Å². The lowest BCUT2D eigenvalue weighted by atomic mass is 9.97. The Labute approximate surface area is 157 Å². The number of hydrogen-bond acceptors (Lipinski definition) is 4. The van der Waals surface area contributed by atoms with E-state index in [9.17, 15) is 0 Å². The zero-order valence-electron chi connectivity index (χ0n) is 15.3. The molecular formula is C16H32IN5O. The summed E-state index contributed by atoms with van der Waals surface area (Å²) in [5, 5.41) is 10.6. The highest BCUT2D eigenvalue weighted by Gasteiger charge is 2.21. The number of nitrogens with one attached hydrogen (secondary N) is 2. The molecule has 0 aromatic carbocycles. The summed E-state index contributed by atoms with van der Waals surface area (Å²) < 4.78 is 5.28. The smallest absolute Gasteiger partial charge is 0.232 e. The van der Waals surface area contributed by atoms with Crippen molar-refractivity contribution in [3.63, 3.8) is 0 Å².